The highest BCUT2D eigenvalue weighted by Crippen LogP contribution is 2.20. The number of hydrogen-bond donors (Lipinski definition) is 1. The second-order valence-corrected chi connectivity index (χ2v) is 6.93. The number of ether oxygens (including phenoxy) is 1. The van der Waals surface area contributed by atoms with Crippen molar-refractivity contribution in [3.8, 4) is 0 Å². The molecule has 2 aromatic rings. The Hall–Kier alpha value is -3.02. The summed E-state index contributed by atoms with van der Waals surface area (Å²) >= 11 is 0. The van der Waals surface area contributed by atoms with E-state index in [1.165, 1.54) is 0 Å². The van der Waals surface area contributed by atoms with E-state index in [0.29, 0.717) is 26.1 Å². The molecule has 2 aromatic carbocycles. The van der Waals surface area contributed by atoms with Crippen molar-refractivity contribution in [1.29, 1.82) is 0 Å². The maximum Gasteiger partial charge on any atom is 0.409 e. The summed E-state index contributed by atoms with van der Waals surface area (Å²) in [4.78, 5) is 28.0. The average Bonchev–Trinajstić information content (AvgIpc) is 2.69. The van der Waals surface area contributed by atoms with Gasteiger partial charge in [0.15, 0.2) is 0 Å². The smallest absolute Gasteiger partial charge is 0.409 e. The number of amides is 2. The molecule has 1 fully saturated rings. The van der Waals surface area contributed by atoms with Crippen LogP contribution in [0.2, 0.25) is 0 Å². The zero-order valence-electron chi connectivity index (χ0n) is 16.5. The van der Waals surface area contributed by atoms with Crippen LogP contribution >= 0.6 is 0 Å². The van der Waals surface area contributed by atoms with Crippen molar-refractivity contribution in [2.45, 2.75) is 20.3 Å². The SMILES string of the molecule is CCOC(=O)N1CCN(c2ccc(NC(=O)Cc3cccc(C)c3)cc2)CC1. The van der Waals surface area contributed by atoms with Crippen LogP contribution in [0.5, 0.6) is 0 Å². The van der Waals surface area contributed by atoms with E-state index in [4.69, 9.17) is 4.74 Å². The molecule has 1 aliphatic heterocycles. The fourth-order valence-corrected chi connectivity index (χ4v) is 3.33. The molecular formula is C22H27N3O3. The van der Waals surface area contributed by atoms with Gasteiger partial charge in [-0.15, -0.1) is 0 Å². The Balaban J connectivity index is 1.51. The van der Waals surface area contributed by atoms with E-state index in [-0.39, 0.29) is 12.0 Å². The van der Waals surface area contributed by atoms with Gasteiger partial charge in [0, 0.05) is 37.6 Å². The third-order valence-electron chi connectivity index (χ3n) is 4.77. The van der Waals surface area contributed by atoms with E-state index in [9.17, 15) is 9.59 Å². The number of carbonyl (C=O) groups excluding carboxylic acids is 2. The van der Waals surface area contributed by atoms with Crippen LogP contribution in [0.1, 0.15) is 18.1 Å². The highest BCUT2D eigenvalue weighted by molar-refractivity contribution is 5.92. The summed E-state index contributed by atoms with van der Waals surface area (Å²) in [6.45, 7) is 7.05. The highest BCUT2D eigenvalue weighted by Gasteiger charge is 2.22. The number of aryl methyl sites for hydroxylation is 1. The normalized spacial score (nSPS) is 13.9. The van der Waals surface area contributed by atoms with Gasteiger partial charge in [0.1, 0.15) is 0 Å². The first-order valence-electron chi connectivity index (χ1n) is 9.67. The molecule has 0 aromatic heterocycles. The van der Waals surface area contributed by atoms with Crippen LogP contribution in [0.15, 0.2) is 48.5 Å². The summed E-state index contributed by atoms with van der Waals surface area (Å²) in [5.41, 5.74) is 4.03. The fraction of sp³-hybridized carbons (Fsp3) is 0.364. The minimum absolute atomic E-state index is 0.0265. The summed E-state index contributed by atoms with van der Waals surface area (Å²) in [6, 6.07) is 15.8. The average molecular weight is 381 g/mol. The Morgan fingerprint density at radius 1 is 1.04 bits per heavy atom. The van der Waals surface area contributed by atoms with Crippen LogP contribution in [0.3, 0.4) is 0 Å². The number of nitrogens with one attached hydrogen (secondary N) is 1. The molecule has 0 saturated carbocycles. The molecular weight excluding hydrogens is 354 g/mol. The van der Waals surface area contributed by atoms with Gasteiger partial charge in [0.05, 0.1) is 13.0 Å². The number of carbonyl (C=O) groups is 2. The fourth-order valence-electron chi connectivity index (χ4n) is 3.33. The van der Waals surface area contributed by atoms with Gasteiger partial charge < -0.3 is 19.9 Å². The van der Waals surface area contributed by atoms with Crippen LogP contribution in [0, 0.1) is 6.92 Å². The number of anilines is 2. The largest absolute Gasteiger partial charge is 0.450 e. The van der Waals surface area contributed by atoms with Gasteiger partial charge in [-0.25, -0.2) is 4.79 Å². The van der Waals surface area contributed by atoms with Gasteiger partial charge in [0.25, 0.3) is 0 Å². The van der Waals surface area contributed by atoms with Crippen LogP contribution in [0.4, 0.5) is 16.2 Å². The van der Waals surface area contributed by atoms with Crippen molar-refractivity contribution >= 4 is 23.4 Å². The monoisotopic (exact) mass is 381 g/mol. The molecule has 1 aliphatic rings. The second-order valence-electron chi connectivity index (χ2n) is 6.93. The van der Waals surface area contributed by atoms with Crippen LogP contribution in [0.25, 0.3) is 0 Å². The topological polar surface area (TPSA) is 61.9 Å². The number of rotatable bonds is 5. The lowest BCUT2D eigenvalue weighted by Crippen LogP contribution is -2.49. The molecule has 28 heavy (non-hydrogen) atoms. The molecule has 6 nitrogen and oxygen atoms in total. The van der Waals surface area contributed by atoms with Crippen molar-refractivity contribution < 1.29 is 14.3 Å². The number of piperazine rings is 1. The molecule has 0 atom stereocenters. The summed E-state index contributed by atoms with van der Waals surface area (Å²) in [5, 5.41) is 2.95. The maximum atomic E-state index is 12.3. The minimum Gasteiger partial charge on any atom is -0.450 e. The number of benzene rings is 2. The molecule has 3 rings (SSSR count). The third kappa shape index (κ3) is 5.25. The molecule has 0 bridgehead atoms. The summed E-state index contributed by atoms with van der Waals surface area (Å²) in [5.74, 6) is -0.0265. The van der Waals surface area contributed by atoms with Gasteiger partial charge in [0.2, 0.25) is 5.91 Å². The Bertz CT molecular complexity index is 812. The molecule has 148 valence electrons. The number of hydrogen-bond acceptors (Lipinski definition) is 4. The summed E-state index contributed by atoms with van der Waals surface area (Å²) in [7, 11) is 0. The Morgan fingerprint density at radius 2 is 1.75 bits per heavy atom. The van der Waals surface area contributed by atoms with Gasteiger partial charge in [-0.2, -0.15) is 0 Å². The molecule has 0 unspecified atom stereocenters. The van der Waals surface area contributed by atoms with Gasteiger partial charge in [-0.3, -0.25) is 4.79 Å². The van der Waals surface area contributed by atoms with Gasteiger partial charge in [-0.05, 0) is 43.7 Å². The maximum absolute atomic E-state index is 12.3. The molecule has 2 amide bonds. The predicted octanol–water partition coefficient (Wildman–Crippen LogP) is 3.45. The van der Waals surface area contributed by atoms with Gasteiger partial charge in [-0.1, -0.05) is 29.8 Å². The highest BCUT2D eigenvalue weighted by atomic mass is 16.6. The second kappa shape index (κ2) is 9.26. The molecule has 0 spiro atoms. The molecule has 0 radical (unpaired) electrons. The molecule has 0 aliphatic carbocycles. The lowest BCUT2D eigenvalue weighted by molar-refractivity contribution is -0.115. The van der Waals surface area contributed by atoms with Crippen LogP contribution in [-0.4, -0.2) is 49.7 Å². The summed E-state index contributed by atoms with van der Waals surface area (Å²) in [6.07, 6.45) is 0.119. The van der Waals surface area contributed by atoms with Gasteiger partial charge >= 0.3 is 6.09 Å². The number of nitrogens with zero attached hydrogens (tertiary/aromatic N) is 2. The summed E-state index contributed by atoms with van der Waals surface area (Å²) < 4.78 is 5.05. The standard InChI is InChI=1S/C22H27N3O3/c1-3-28-22(27)25-13-11-24(12-14-25)20-9-7-19(8-10-20)23-21(26)16-18-6-4-5-17(2)15-18/h4-10,15H,3,11-14,16H2,1-2H3,(H,23,26). The Labute approximate surface area is 166 Å². The van der Waals surface area contributed by atoms with E-state index in [1.54, 1.807) is 4.90 Å². The molecule has 6 heteroatoms. The molecule has 1 saturated heterocycles. The van der Waals surface area contributed by atoms with E-state index >= 15 is 0 Å². The van der Waals surface area contributed by atoms with E-state index in [0.717, 1.165) is 35.6 Å². The third-order valence-corrected chi connectivity index (χ3v) is 4.77. The lowest BCUT2D eigenvalue weighted by atomic mass is 10.1. The quantitative estimate of drug-likeness (QED) is 0.862. The van der Waals surface area contributed by atoms with E-state index < -0.39 is 0 Å². The van der Waals surface area contributed by atoms with E-state index in [2.05, 4.69) is 10.2 Å². The van der Waals surface area contributed by atoms with Crippen molar-refractivity contribution in [2.75, 3.05) is 43.0 Å². The van der Waals surface area contributed by atoms with Crippen molar-refractivity contribution in [2.24, 2.45) is 0 Å². The van der Waals surface area contributed by atoms with Crippen LogP contribution in [-0.2, 0) is 16.0 Å². The van der Waals surface area contributed by atoms with Crippen molar-refractivity contribution in [1.82, 2.24) is 4.90 Å². The molecule has 1 heterocycles. The first-order valence-corrected chi connectivity index (χ1v) is 9.67. The lowest BCUT2D eigenvalue weighted by Gasteiger charge is -2.35. The Kier molecular flexibility index (Phi) is 6.53. The zero-order chi connectivity index (χ0) is 19.9. The van der Waals surface area contributed by atoms with Crippen molar-refractivity contribution in [3.05, 3.63) is 59.7 Å². The zero-order valence-corrected chi connectivity index (χ0v) is 16.5. The predicted molar refractivity (Wildman–Crippen MR) is 111 cm³/mol. The minimum atomic E-state index is -0.242. The van der Waals surface area contributed by atoms with Crippen molar-refractivity contribution in [3.63, 3.8) is 0 Å². The van der Waals surface area contributed by atoms with Crippen LogP contribution < -0.4 is 10.2 Å². The molecule has 1 N–H and O–H groups in total. The van der Waals surface area contributed by atoms with E-state index in [1.807, 2.05) is 62.4 Å². The first-order chi connectivity index (χ1) is 13.5. The Morgan fingerprint density at radius 3 is 2.39 bits per heavy atom. The first kappa shape index (κ1) is 19.7.